The molecule has 30 heavy (non-hydrogen) atoms. The lowest BCUT2D eigenvalue weighted by Gasteiger charge is -2.19. The fraction of sp³-hybridized carbons (Fsp3) is 0.348. The maximum Gasteiger partial charge on any atom is 0.407 e. The van der Waals surface area contributed by atoms with Crippen LogP contribution in [0, 0.1) is 0 Å². The zero-order valence-electron chi connectivity index (χ0n) is 17.1. The van der Waals surface area contributed by atoms with Crippen LogP contribution in [0.4, 0.5) is 4.79 Å². The number of carboxylic acids is 1. The zero-order chi connectivity index (χ0) is 21.7. The standard InChI is InChI=1S/C23H26N2O5/c1-3-8-20(22(27)28)25-21(26)14(2)24-23(29)30-13-19-17-11-6-4-9-15(17)16-10-5-7-12-18(16)19/h4-7,9-12,14,19-20H,3,8,13H2,1-2H3,(H,24,29)(H,25,26)(H,27,28)/t14?,20-/m1/s1. The van der Waals surface area contributed by atoms with Gasteiger partial charge in [-0.05, 0) is 35.6 Å². The van der Waals surface area contributed by atoms with Gasteiger partial charge in [0, 0.05) is 5.92 Å². The minimum absolute atomic E-state index is 0.0757. The highest BCUT2D eigenvalue weighted by molar-refractivity contribution is 5.89. The molecule has 0 bridgehead atoms. The average molecular weight is 410 g/mol. The Bertz CT molecular complexity index is 897. The molecule has 0 aliphatic heterocycles. The lowest BCUT2D eigenvalue weighted by atomic mass is 9.98. The minimum atomic E-state index is -1.10. The monoisotopic (exact) mass is 410 g/mol. The summed E-state index contributed by atoms with van der Waals surface area (Å²) in [7, 11) is 0. The summed E-state index contributed by atoms with van der Waals surface area (Å²) in [6.45, 7) is 3.46. The number of ether oxygens (including phenoxy) is 1. The first-order valence-electron chi connectivity index (χ1n) is 10.1. The van der Waals surface area contributed by atoms with Crippen LogP contribution in [0.25, 0.3) is 11.1 Å². The molecule has 1 aliphatic rings. The van der Waals surface area contributed by atoms with Gasteiger partial charge in [0.2, 0.25) is 5.91 Å². The molecule has 0 saturated heterocycles. The van der Waals surface area contributed by atoms with E-state index in [4.69, 9.17) is 9.84 Å². The van der Waals surface area contributed by atoms with Crippen LogP contribution in [0.5, 0.6) is 0 Å². The predicted molar refractivity (Wildman–Crippen MR) is 112 cm³/mol. The number of aliphatic carboxylic acids is 1. The number of carboxylic acid groups (broad SMARTS) is 1. The molecule has 2 aromatic rings. The predicted octanol–water partition coefficient (Wildman–Crippen LogP) is 3.28. The van der Waals surface area contributed by atoms with Crippen LogP contribution in [0.1, 0.15) is 43.7 Å². The summed E-state index contributed by atoms with van der Waals surface area (Å²) in [6.07, 6.45) is 0.214. The van der Waals surface area contributed by atoms with E-state index >= 15 is 0 Å². The van der Waals surface area contributed by atoms with Crippen LogP contribution in [0.15, 0.2) is 48.5 Å². The highest BCUT2D eigenvalue weighted by Crippen LogP contribution is 2.44. The molecule has 7 heteroatoms. The quantitative estimate of drug-likeness (QED) is 0.619. The summed E-state index contributed by atoms with van der Waals surface area (Å²) in [5.74, 6) is -1.74. The zero-order valence-corrected chi connectivity index (χ0v) is 17.1. The first-order valence-corrected chi connectivity index (χ1v) is 10.1. The third-order valence-electron chi connectivity index (χ3n) is 5.26. The summed E-state index contributed by atoms with van der Waals surface area (Å²) in [5.41, 5.74) is 4.46. The van der Waals surface area contributed by atoms with Crippen molar-refractivity contribution in [1.29, 1.82) is 0 Å². The van der Waals surface area contributed by atoms with Crippen molar-refractivity contribution in [2.24, 2.45) is 0 Å². The number of rotatable bonds is 8. The van der Waals surface area contributed by atoms with Gasteiger partial charge in [-0.15, -0.1) is 0 Å². The van der Waals surface area contributed by atoms with Crippen molar-refractivity contribution in [3.63, 3.8) is 0 Å². The van der Waals surface area contributed by atoms with Crippen LogP contribution >= 0.6 is 0 Å². The molecule has 0 saturated carbocycles. The molecular formula is C23H26N2O5. The maximum absolute atomic E-state index is 12.3. The van der Waals surface area contributed by atoms with E-state index in [1.165, 1.54) is 6.92 Å². The van der Waals surface area contributed by atoms with E-state index in [1.54, 1.807) is 0 Å². The van der Waals surface area contributed by atoms with E-state index in [0.29, 0.717) is 12.8 Å². The SMILES string of the molecule is CCC[C@@H](NC(=O)C(C)NC(=O)OCC1c2ccccc2-c2ccccc21)C(=O)O. The number of fused-ring (bicyclic) bond motifs is 3. The number of carbonyl (C=O) groups excluding carboxylic acids is 2. The third-order valence-corrected chi connectivity index (χ3v) is 5.26. The number of benzene rings is 2. The van der Waals surface area contributed by atoms with Crippen molar-refractivity contribution >= 4 is 18.0 Å². The Hall–Kier alpha value is -3.35. The lowest BCUT2D eigenvalue weighted by molar-refractivity contribution is -0.142. The highest BCUT2D eigenvalue weighted by atomic mass is 16.5. The Kier molecular flexibility index (Phi) is 6.72. The first-order chi connectivity index (χ1) is 14.4. The van der Waals surface area contributed by atoms with Crippen LogP contribution < -0.4 is 10.6 Å². The second-order valence-electron chi connectivity index (χ2n) is 7.38. The normalized spacial score (nSPS) is 14.2. The van der Waals surface area contributed by atoms with E-state index < -0.39 is 30.1 Å². The molecular weight excluding hydrogens is 384 g/mol. The number of hydrogen-bond donors (Lipinski definition) is 3. The molecule has 0 aromatic heterocycles. The van der Waals surface area contributed by atoms with E-state index in [2.05, 4.69) is 22.8 Å². The van der Waals surface area contributed by atoms with Gasteiger partial charge >= 0.3 is 12.1 Å². The summed E-state index contributed by atoms with van der Waals surface area (Å²) < 4.78 is 5.41. The molecule has 0 spiro atoms. The van der Waals surface area contributed by atoms with Crippen LogP contribution in [0.3, 0.4) is 0 Å². The largest absolute Gasteiger partial charge is 0.480 e. The average Bonchev–Trinajstić information content (AvgIpc) is 3.05. The van der Waals surface area contributed by atoms with E-state index in [1.807, 2.05) is 43.3 Å². The van der Waals surface area contributed by atoms with Crippen LogP contribution in [-0.2, 0) is 14.3 Å². The third kappa shape index (κ3) is 4.62. The Balaban J connectivity index is 1.58. The number of hydrogen-bond acceptors (Lipinski definition) is 4. The summed E-state index contributed by atoms with van der Waals surface area (Å²) in [4.78, 5) is 35.7. The van der Waals surface area contributed by atoms with Gasteiger partial charge in [0.05, 0.1) is 0 Å². The number of alkyl carbamates (subject to hydrolysis) is 1. The molecule has 2 atom stereocenters. The van der Waals surface area contributed by atoms with Gasteiger partial charge in [0.15, 0.2) is 0 Å². The maximum atomic E-state index is 12.3. The Morgan fingerprint density at radius 3 is 2.10 bits per heavy atom. The van der Waals surface area contributed by atoms with Gasteiger partial charge in [0.1, 0.15) is 18.7 Å². The van der Waals surface area contributed by atoms with Crippen molar-refractivity contribution in [2.75, 3.05) is 6.61 Å². The molecule has 3 rings (SSSR count). The van der Waals surface area contributed by atoms with Gasteiger partial charge in [0.25, 0.3) is 0 Å². The second-order valence-corrected chi connectivity index (χ2v) is 7.38. The fourth-order valence-electron chi connectivity index (χ4n) is 3.73. The van der Waals surface area contributed by atoms with Crippen LogP contribution in [-0.4, -0.2) is 41.8 Å². The van der Waals surface area contributed by atoms with Gasteiger partial charge in [-0.3, -0.25) is 4.79 Å². The van der Waals surface area contributed by atoms with E-state index in [0.717, 1.165) is 22.3 Å². The van der Waals surface area contributed by atoms with Crippen molar-refractivity contribution in [3.05, 3.63) is 59.7 Å². The van der Waals surface area contributed by atoms with Crippen LogP contribution in [0.2, 0.25) is 0 Å². The van der Waals surface area contributed by atoms with E-state index in [-0.39, 0.29) is 12.5 Å². The molecule has 2 aromatic carbocycles. The Morgan fingerprint density at radius 2 is 1.57 bits per heavy atom. The van der Waals surface area contributed by atoms with Crippen molar-refractivity contribution in [1.82, 2.24) is 10.6 Å². The molecule has 7 nitrogen and oxygen atoms in total. The molecule has 0 radical (unpaired) electrons. The fourth-order valence-corrected chi connectivity index (χ4v) is 3.73. The summed E-state index contributed by atoms with van der Waals surface area (Å²) >= 11 is 0. The molecule has 1 aliphatic carbocycles. The number of carbonyl (C=O) groups is 3. The van der Waals surface area contributed by atoms with Gasteiger partial charge in [-0.1, -0.05) is 61.9 Å². The molecule has 2 amide bonds. The van der Waals surface area contributed by atoms with Crippen molar-refractivity contribution in [3.8, 4) is 11.1 Å². The summed E-state index contributed by atoms with van der Waals surface area (Å²) in [6, 6.07) is 14.1. The van der Waals surface area contributed by atoms with Gasteiger partial charge in [-0.2, -0.15) is 0 Å². The number of nitrogens with one attached hydrogen (secondary N) is 2. The topological polar surface area (TPSA) is 105 Å². The van der Waals surface area contributed by atoms with Gasteiger partial charge in [-0.25, -0.2) is 9.59 Å². The van der Waals surface area contributed by atoms with E-state index in [9.17, 15) is 14.4 Å². The minimum Gasteiger partial charge on any atom is -0.480 e. The second kappa shape index (κ2) is 9.43. The molecule has 158 valence electrons. The first kappa shape index (κ1) is 21.4. The summed E-state index contributed by atoms with van der Waals surface area (Å²) in [5, 5.41) is 14.1. The smallest absolute Gasteiger partial charge is 0.407 e. The van der Waals surface area contributed by atoms with Crippen molar-refractivity contribution < 1.29 is 24.2 Å². The highest BCUT2D eigenvalue weighted by Gasteiger charge is 2.29. The number of amides is 2. The molecule has 0 fully saturated rings. The Morgan fingerprint density at radius 1 is 1.00 bits per heavy atom. The Labute approximate surface area is 175 Å². The lowest BCUT2D eigenvalue weighted by Crippen LogP contribution is -2.50. The molecule has 0 heterocycles. The molecule has 3 N–H and O–H groups in total. The van der Waals surface area contributed by atoms with Gasteiger partial charge < -0.3 is 20.5 Å². The van der Waals surface area contributed by atoms with Crippen molar-refractivity contribution in [2.45, 2.75) is 44.7 Å². The molecule has 1 unspecified atom stereocenters.